The van der Waals surface area contributed by atoms with Crippen LogP contribution in [0.5, 0.6) is 5.75 Å². The summed E-state index contributed by atoms with van der Waals surface area (Å²) in [7, 11) is 0. The Balaban J connectivity index is 2.23. The van der Waals surface area contributed by atoms with Gasteiger partial charge in [0.2, 0.25) is 0 Å². The molecule has 0 heterocycles. The fraction of sp³-hybridized carbons (Fsp3) is 0. The molecular formula is C13H10ClFN2O2. The number of amides is 1. The first-order valence-corrected chi connectivity index (χ1v) is 5.70. The van der Waals surface area contributed by atoms with Crippen molar-refractivity contribution in [1.29, 1.82) is 0 Å². The number of hydrogen-bond donors (Lipinski definition) is 3. The van der Waals surface area contributed by atoms with Gasteiger partial charge in [-0.15, -0.1) is 0 Å². The lowest BCUT2D eigenvalue weighted by molar-refractivity contribution is 0.102. The lowest BCUT2D eigenvalue weighted by Crippen LogP contribution is -2.13. The summed E-state index contributed by atoms with van der Waals surface area (Å²) in [5.74, 6) is -1.40. The smallest absolute Gasteiger partial charge is 0.255 e. The van der Waals surface area contributed by atoms with Crippen LogP contribution >= 0.6 is 11.6 Å². The Morgan fingerprint density at radius 2 is 2.00 bits per heavy atom. The summed E-state index contributed by atoms with van der Waals surface area (Å²) in [5, 5.41) is 12.0. The molecule has 4 N–H and O–H groups in total. The number of benzene rings is 2. The van der Waals surface area contributed by atoms with Crippen molar-refractivity contribution in [2.75, 3.05) is 11.1 Å². The molecule has 2 rings (SSSR count). The molecule has 2 aromatic carbocycles. The van der Waals surface area contributed by atoms with E-state index in [9.17, 15) is 14.3 Å². The van der Waals surface area contributed by atoms with Crippen LogP contribution in [0, 0.1) is 5.82 Å². The monoisotopic (exact) mass is 280 g/mol. The molecule has 0 atom stereocenters. The summed E-state index contributed by atoms with van der Waals surface area (Å²) in [4.78, 5) is 11.9. The van der Waals surface area contributed by atoms with Crippen LogP contribution in [0.4, 0.5) is 15.8 Å². The van der Waals surface area contributed by atoms with Gasteiger partial charge in [0, 0.05) is 10.6 Å². The number of nitrogen functional groups attached to an aromatic ring is 1. The summed E-state index contributed by atoms with van der Waals surface area (Å²) >= 11 is 5.61. The number of phenols is 1. The number of hydrogen-bond acceptors (Lipinski definition) is 3. The van der Waals surface area contributed by atoms with Crippen LogP contribution < -0.4 is 11.1 Å². The number of halogens is 2. The fourth-order valence-corrected chi connectivity index (χ4v) is 1.63. The Labute approximate surface area is 113 Å². The van der Waals surface area contributed by atoms with Crippen molar-refractivity contribution in [3.8, 4) is 5.75 Å². The zero-order chi connectivity index (χ0) is 14.0. The molecule has 1 amide bonds. The van der Waals surface area contributed by atoms with E-state index in [-0.39, 0.29) is 27.7 Å². The van der Waals surface area contributed by atoms with E-state index in [0.717, 1.165) is 6.07 Å². The predicted molar refractivity (Wildman–Crippen MR) is 71.9 cm³/mol. The Morgan fingerprint density at radius 1 is 1.26 bits per heavy atom. The zero-order valence-electron chi connectivity index (χ0n) is 9.65. The first-order chi connectivity index (χ1) is 8.97. The second-order valence-corrected chi connectivity index (χ2v) is 4.29. The molecule has 0 radical (unpaired) electrons. The van der Waals surface area contributed by atoms with Crippen molar-refractivity contribution in [2.45, 2.75) is 0 Å². The number of aromatic hydroxyl groups is 1. The van der Waals surface area contributed by atoms with Gasteiger partial charge in [0.15, 0.2) is 0 Å². The van der Waals surface area contributed by atoms with Crippen LogP contribution in [0.25, 0.3) is 0 Å². The molecule has 0 aromatic heterocycles. The molecule has 2 aromatic rings. The largest absolute Gasteiger partial charge is 0.506 e. The first-order valence-electron chi connectivity index (χ1n) is 5.32. The van der Waals surface area contributed by atoms with Crippen molar-refractivity contribution >= 4 is 28.9 Å². The maximum absolute atomic E-state index is 13.5. The highest BCUT2D eigenvalue weighted by atomic mass is 35.5. The topological polar surface area (TPSA) is 75.4 Å². The van der Waals surface area contributed by atoms with Crippen LogP contribution in [-0.4, -0.2) is 11.0 Å². The summed E-state index contributed by atoms with van der Waals surface area (Å²) in [5.41, 5.74) is 5.76. The maximum atomic E-state index is 13.5. The second kappa shape index (κ2) is 5.16. The highest BCUT2D eigenvalue weighted by molar-refractivity contribution is 6.30. The van der Waals surface area contributed by atoms with E-state index >= 15 is 0 Å². The molecule has 0 fully saturated rings. The van der Waals surface area contributed by atoms with Gasteiger partial charge in [0.25, 0.3) is 5.91 Å². The summed E-state index contributed by atoms with van der Waals surface area (Å²) < 4.78 is 13.5. The molecular weight excluding hydrogens is 271 g/mol. The van der Waals surface area contributed by atoms with Gasteiger partial charge in [0.05, 0.1) is 11.4 Å². The minimum absolute atomic E-state index is 0.00529. The lowest BCUT2D eigenvalue weighted by Gasteiger charge is -2.07. The lowest BCUT2D eigenvalue weighted by atomic mass is 10.1. The van der Waals surface area contributed by atoms with Crippen molar-refractivity contribution in [2.24, 2.45) is 0 Å². The SMILES string of the molecule is Nc1ccc(C(=O)Nc2ccc(Cl)cc2F)cc1O. The first kappa shape index (κ1) is 13.2. The fourth-order valence-electron chi connectivity index (χ4n) is 1.47. The molecule has 6 heteroatoms. The van der Waals surface area contributed by atoms with Crippen LogP contribution in [0.15, 0.2) is 36.4 Å². The van der Waals surface area contributed by atoms with Crippen LogP contribution in [0.3, 0.4) is 0 Å². The standard InChI is InChI=1S/C13H10ClFN2O2/c14-8-2-4-11(9(15)6-8)17-13(19)7-1-3-10(16)12(18)5-7/h1-6,18H,16H2,(H,17,19). The highest BCUT2D eigenvalue weighted by Gasteiger charge is 2.11. The summed E-state index contributed by atoms with van der Waals surface area (Å²) in [6.07, 6.45) is 0. The number of anilines is 2. The van der Waals surface area contributed by atoms with E-state index in [2.05, 4.69) is 5.32 Å². The number of nitrogens with one attached hydrogen (secondary N) is 1. The van der Waals surface area contributed by atoms with Crippen molar-refractivity contribution in [1.82, 2.24) is 0 Å². The number of phenolic OH excluding ortho intramolecular Hbond substituents is 1. The van der Waals surface area contributed by atoms with Gasteiger partial charge in [0.1, 0.15) is 11.6 Å². The van der Waals surface area contributed by atoms with E-state index < -0.39 is 11.7 Å². The molecule has 0 bridgehead atoms. The number of rotatable bonds is 2. The van der Waals surface area contributed by atoms with E-state index in [1.54, 1.807) is 0 Å². The van der Waals surface area contributed by atoms with E-state index in [1.807, 2.05) is 0 Å². The average molecular weight is 281 g/mol. The molecule has 0 saturated carbocycles. The van der Waals surface area contributed by atoms with Gasteiger partial charge in [-0.1, -0.05) is 11.6 Å². The Morgan fingerprint density at radius 3 is 2.63 bits per heavy atom. The summed E-state index contributed by atoms with van der Waals surface area (Å²) in [6.45, 7) is 0. The minimum atomic E-state index is -0.638. The van der Waals surface area contributed by atoms with Gasteiger partial charge >= 0.3 is 0 Å². The molecule has 4 nitrogen and oxygen atoms in total. The van der Waals surface area contributed by atoms with Gasteiger partial charge in [-0.05, 0) is 36.4 Å². The number of nitrogens with two attached hydrogens (primary N) is 1. The van der Waals surface area contributed by atoms with E-state index in [0.29, 0.717) is 0 Å². The van der Waals surface area contributed by atoms with Crippen molar-refractivity contribution < 1.29 is 14.3 Å². The van der Waals surface area contributed by atoms with Gasteiger partial charge in [-0.2, -0.15) is 0 Å². The van der Waals surface area contributed by atoms with E-state index in [1.165, 1.54) is 30.3 Å². The molecule has 0 aliphatic carbocycles. The van der Waals surface area contributed by atoms with Crippen molar-refractivity contribution in [3.63, 3.8) is 0 Å². The molecule has 98 valence electrons. The molecule has 0 aliphatic rings. The Bertz CT molecular complexity index is 647. The Hall–Kier alpha value is -2.27. The van der Waals surface area contributed by atoms with Crippen LogP contribution in [0.1, 0.15) is 10.4 Å². The third-order valence-corrected chi connectivity index (χ3v) is 2.71. The van der Waals surface area contributed by atoms with Gasteiger partial charge in [-0.3, -0.25) is 4.79 Å². The third kappa shape index (κ3) is 2.95. The molecule has 0 aliphatic heterocycles. The van der Waals surface area contributed by atoms with E-state index in [4.69, 9.17) is 17.3 Å². The predicted octanol–water partition coefficient (Wildman–Crippen LogP) is 3.02. The third-order valence-electron chi connectivity index (χ3n) is 2.47. The number of carbonyl (C=O) groups is 1. The summed E-state index contributed by atoms with van der Waals surface area (Å²) in [6, 6.07) is 7.93. The quantitative estimate of drug-likeness (QED) is 0.585. The maximum Gasteiger partial charge on any atom is 0.255 e. The van der Waals surface area contributed by atoms with Gasteiger partial charge < -0.3 is 16.2 Å². The number of carbonyl (C=O) groups excluding carboxylic acids is 1. The van der Waals surface area contributed by atoms with Gasteiger partial charge in [-0.25, -0.2) is 4.39 Å². The van der Waals surface area contributed by atoms with Crippen LogP contribution in [-0.2, 0) is 0 Å². The van der Waals surface area contributed by atoms with Crippen LogP contribution in [0.2, 0.25) is 5.02 Å². The van der Waals surface area contributed by atoms with Crippen molar-refractivity contribution in [3.05, 3.63) is 52.8 Å². The molecule has 0 saturated heterocycles. The Kier molecular flexibility index (Phi) is 3.57. The molecule has 0 spiro atoms. The minimum Gasteiger partial charge on any atom is -0.506 e. The normalized spacial score (nSPS) is 10.2. The molecule has 0 unspecified atom stereocenters. The second-order valence-electron chi connectivity index (χ2n) is 3.85. The zero-order valence-corrected chi connectivity index (χ0v) is 10.4. The highest BCUT2D eigenvalue weighted by Crippen LogP contribution is 2.23. The molecule has 19 heavy (non-hydrogen) atoms. The average Bonchev–Trinajstić information content (AvgIpc) is 2.36.